The number of hydrogen-bond acceptors (Lipinski definition) is 5. The van der Waals surface area contributed by atoms with E-state index in [1.54, 1.807) is 19.4 Å². The van der Waals surface area contributed by atoms with Gasteiger partial charge in [-0.3, -0.25) is 0 Å². The van der Waals surface area contributed by atoms with Crippen molar-refractivity contribution in [2.45, 2.75) is 19.6 Å². The lowest BCUT2D eigenvalue weighted by atomic mass is 10.0. The summed E-state index contributed by atoms with van der Waals surface area (Å²) in [6.07, 6.45) is 2.53. The molecule has 0 saturated heterocycles. The number of nitrogens with zero attached hydrogens (tertiary/aromatic N) is 1. The molecule has 0 bridgehead atoms. The van der Waals surface area contributed by atoms with Crippen LogP contribution < -0.4 is 16.2 Å². The van der Waals surface area contributed by atoms with E-state index in [0.717, 1.165) is 22.1 Å². The molecule has 0 fully saturated rings. The van der Waals surface area contributed by atoms with Crippen molar-refractivity contribution >= 4 is 40.0 Å². The molecule has 8 heteroatoms. The highest BCUT2D eigenvalue weighted by molar-refractivity contribution is 6.36. The van der Waals surface area contributed by atoms with Gasteiger partial charge in [0.05, 0.1) is 16.7 Å². The normalized spacial score (nSPS) is 12.3. The summed E-state index contributed by atoms with van der Waals surface area (Å²) in [5.41, 5.74) is 15.3. The highest BCUT2D eigenvalue weighted by atomic mass is 35.5. The third-order valence-corrected chi connectivity index (χ3v) is 5.57. The minimum absolute atomic E-state index is 0.104. The molecule has 0 radical (unpaired) electrons. The van der Waals surface area contributed by atoms with Gasteiger partial charge in [-0.1, -0.05) is 41.4 Å². The number of anilines is 1. The highest BCUT2D eigenvalue weighted by Gasteiger charge is 2.23. The van der Waals surface area contributed by atoms with Gasteiger partial charge in [0, 0.05) is 28.9 Å². The lowest BCUT2D eigenvalue weighted by Gasteiger charge is -2.18. The van der Waals surface area contributed by atoms with E-state index >= 15 is 0 Å². The van der Waals surface area contributed by atoms with E-state index in [1.807, 2.05) is 24.3 Å². The molecule has 0 saturated carbocycles. The number of benzene rings is 2. The average molecular weight is 446 g/mol. The Bertz CT molecular complexity index is 1240. The molecule has 154 valence electrons. The second-order valence-corrected chi connectivity index (χ2v) is 7.57. The molecule has 0 amide bonds. The summed E-state index contributed by atoms with van der Waals surface area (Å²) >= 11 is 12.3. The van der Waals surface area contributed by atoms with E-state index in [-0.39, 0.29) is 21.6 Å². The van der Waals surface area contributed by atoms with Crippen LogP contribution in [0.15, 0.2) is 53.3 Å². The number of halogens is 3. The van der Waals surface area contributed by atoms with Crippen LogP contribution in [0.3, 0.4) is 0 Å². The molecule has 2 aromatic heterocycles. The standard InChI is InChI=1S/C22H18Cl2FN3O2/c1-11(18-16(23)5-6-17(25)19(18)24)30-21-20-14(9-28-22(21)27)15(10-29-20)13-4-2-3-12(7-13)8-26/h2-7,9-11H,8,26H2,1H3,(H2,27,28)/t11-/m1/s1. The van der Waals surface area contributed by atoms with Gasteiger partial charge in [-0.05, 0) is 36.2 Å². The van der Waals surface area contributed by atoms with Gasteiger partial charge in [-0.25, -0.2) is 9.37 Å². The summed E-state index contributed by atoms with van der Waals surface area (Å²) in [6, 6.07) is 10.4. The van der Waals surface area contributed by atoms with E-state index in [1.165, 1.54) is 12.1 Å². The topological polar surface area (TPSA) is 87.3 Å². The van der Waals surface area contributed by atoms with Gasteiger partial charge in [0.2, 0.25) is 5.75 Å². The van der Waals surface area contributed by atoms with Gasteiger partial charge in [0.25, 0.3) is 0 Å². The molecule has 0 aliphatic heterocycles. The molecule has 1 atom stereocenters. The van der Waals surface area contributed by atoms with Gasteiger partial charge in [-0.2, -0.15) is 0 Å². The first-order chi connectivity index (χ1) is 14.4. The number of pyridine rings is 1. The molecule has 30 heavy (non-hydrogen) atoms. The Morgan fingerprint density at radius 2 is 2.03 bits per heavy atom. The molecule has 4 N–H and O–H groups in total. The smallest absolute Gasteiger partial charge is 0.205 e. The molecular formula is C22H18Cl2FN3O2. The molecule has 0 unspecified atom stereocenters. The van der Waals surface area contributed by atoms with Crippen molar-refractivity contribution in [3.8, 4) is 16.9 Å². The van der Waals surface area contributed by atoms with Crippen molar-refractivity contribution in [2.75, 3.05) is 5.73 Å². The number of aromatic nitrogens is 1. The second-order valence-electron chi connectivity index (χ2n) is 6.79. The van der Waals surface area contributed by atoms with E-state index in [2.05, 4.69) is 4.98 Å². The first-order valence-electron chi connectivity index (χ1n) is 9.15. The third kappa shape index (κ3) is 3.58. The fraction of sp³-hybridized carbons (Fsp3) is 0.136. The highest BCUT2D eigenvalue weighted by Crippen LogP contribution is 2.41. The number of nitrogens with two attached hydrogens (primary N) is 2. The lowest BCUT2D eigenvalue weighted by molar-refractivity contribution is 0.227. The number of ether oxygens (including phenoxy) is 1. The Balaban J connectivity index is 1.78. The van der Waals surface area contributed by atoms with Crippen LogP contribution in [-0.2, 0) is 6.54 Å². The Labute approximate surface area is 182 Å². The van der Waals surface area contributed by atoms with E-state index < -0.39 is 11.9 Å². The van der Waals surface area contributed by atoms with Crippen molar-refractivity contribution in [1.29, 1.82) is 0 Å². The van der Waals surface area contributed by atoms with E-state index in [4.69, 9.17) is 43.8 Å². The Kier molecular flexibility index (Phi) is 5.56. The zero-order valence-corrected chi connectivity index (χ0v) is 17.5. The van der Waals surface area contributed by atoms with Crippen LogP contribution in [0.1, 0.15) is 24.2 Å². The summed E-state index contributed by atoms with van der Waals surface area (Å²) in [6.45, 7) is 2.12. The predicted molar refractivity (Wildman–Crippen MR) is 117 cm³/mol. The van der Waals surface area contributed by atoms with Crippen LogP contribution in [0, 0.1) is 5.82 Å². The summed E-state index contributed by atoms with van der Waals surface area (Å²) in [4.78, 5) is 4.25. The summed E-state index contributed by atoms with van der Waals surface area (Å²) in [5, 5.41) is 0.899. The summed E-state index contributed by atoms with van der Waals surface area (Å²) in [5.74, 6) is -0.219. The van der Waals surface area contributed by atoms with Gasteiger partial charge in [0.15, 0.2) is 11.4 Å². The van der Waals surface area contributed by atoms with Gasteiger partial charge in [0.1, 0.15) is 11.9 Å². The van der Waals surface area contributed by atoms with E-state index in [0.29, 0.717) is 17.7 Å². The number of nitrogen functional groups attached to an aromatic ring is 1. The van der Waals surface area contributed by atoms with Crippen molar-refractivity contribution in [3.63, 3.8) is 0 Å². The number of hydrogen-bond donors (Lipinski definition) is 2. The van der Waals surface area contributed by atoms with Crippen molar-refractivity contribution in [2.24, 2.45) is 5.73 Å². The zero-order chi connectivity index (χ0) is 21.4. The first kappa shape index (κ1) is 20.5. The number of fused-ring (bicyclic) bond motifs is 1. The van der Waals surface area contributed by atoms with Crippen LogP contribution in [0.5, 0.6) is 5.75 Å². The van der Waals surface area contributed by atoms with Crippen molar-refractivity contribution < 1.29 is 13.5 Å². The minimum Gasteiger partial charge on any atom is -0.478 e. The maximum Gasteiger partial charge on any atom is 0.205 e. The Morgan fingerprint density at radius 1 is 1.23 bits per heavy atom. The fourth-order valence-electron chi connectivity index (χ4n) is 3.33. The van der Waals surface area contributed by atoms with Crippen LogP contribution >= 0.6 is 23.2 Å². The molecule has 4 rings (SSSR count). The van der Waals surface area contributed by atoms with E-state index in [9.17, 15) is 4.39 Å². The largest absolute Gasteiger partial charge is 0.478 e. The predicted octanol–water partition coefficient (Wildman–Crippen LogP) is 6.12. The first-order valence-corrected chi connectivity index (χ1v) is 9.91. The van der Waals surface area contributed by atoms with Crippen LogP contribution in [0.4, 0.5) is 10.2 Å². The number of rotatable bonds is 5. The summed E-state index contributed by atoms with van der Waals surface area (Å²) < 4.78 is 25.7. The molecule has 0 spiro atoms. The Morgan fingerprint density at radius 3 is 2.80 bits per heavy atom. The molecule has 2 aromatic carbocycles. The average Bonchev–Trinajstić information content (AvgIpc) is 3.17. The van der Waals surface area contributed by atoms with Gasteiger partial charge < -0.3 is 20.6 Å². The lowest BCUT2D eigenvalue weighted by Crippen LogP contribution is -2.08. The molecule has 0 aliphatic carbocycles. The van der Waals surface area contributed by atoms with Crippen molar-refractivity contribution in [1.82, 2.24) is 4.98 Å². The van der Waals surface area contributed by atoms with Crippen LogP contribution in [0.2, 0.25) is 10.0 Å². The fourth-order valence-corrected chi connectivity index (χ4v) is 4.01. The molecule has 5 nitrogen and oxygen atoms in total. The van der Waals surface area contributed by atoms with Crippen molar-refractivity contribution in [3.05, 3.63) is 75.8 Å². The van der Waals surface area contributed by atoms with Crippen LogP contribution in [-0.4, -0.2) is 4.98 Å². The Hall–Kier alpha value is -2.80. The molecular weight excluding hydrogens is 428 g/mol. The quantitative estimate of drug-likeness (QED) is 0.361. The van der Waals surface area contributed by atoms with Gasteiger partial charge >= 0.3 is 0 Å². The monoisotopic (exact) mass is 445 g/mol. The maximum absolute atomic E-state index is 13.9. The molecule has 4 aromatic rings. The maximum atomic E-state index is 13.9. The SMILES string of the molecule is C[C@@H](Oc1c(N)ncc2c(-c3cccc(CN)c3)coc12)c1c(Cl)ccc(F)c1Cl. The second kappa shape index (κ2) is 8.14. The van der Waals surface area contributed by atoms with Crippen LogP contribution in [0.25, 0.3) is 22.1 Å². The zero-order valence-electron chi connectivity index (χ0n) is 16.0. The minimum atomic E-state index is -0.704. The molecule has 2 heterocycles. The van der Waals surface area contributed by atoms with Gasteiger partial charge in [-0.15, -0.1) is 0 Å². The molecule has 0 aliphatic rings. The summed E-state index contributed by atoms with van der Waals surface area (Å²) in [7, 11) is 0. The number of furan rings is 1. The third-order valence-electron chi connectivity index (χ3n) is 4.86.